The van der Waals surface area contributed by atoms with Gasteiger partial charge in [-0.05, 0) is 24.1 Å². The van der Waals surface area contributed by atoms with E-state index in [2.05, 4.69) is 10.0 Å². The molecule has 1 rings (SSSR count). The molecule has 98 valence electrons. The summed E-state index contributed by atoms with van der Waals surface area (Å²) in [5.41, 5.74) is 7.55. The minimum Gasteiger partial charge on any atom is -0.505 e. The molecule has 0 saturated heterocycles. The van der Waals surface area contributed by atoms with Crippen molar-refractivity contribution in [3.05, 3.63) is 39.8 Å². The lowest BCUT2D eigenvalue weighted by Gasteiger charge is -2.18. The monoisotopic (exact) mass is 259 g/mol. The molecule has 0 spiro atoms. The largest absolute Gasteiger partial charge is 0.505 e. The molecule has 18 heavy (non-hydrogen) atoms. The van der Waals surface area contributed by atoms with Crippen LogP contribution < -0.4 is 0 Å². The van der Waals surface area contributed by atoms with Crippen LogP contribution in [0.25, 0.3) is 10.4 Å². The number of hydrogen-bond acceptors (Lipinski definition) is 4. The van der Waals surface area contributed by atoms with Crippen molar-refractivity contribution in [2.75, 3.05) is 6.54 Å². The second-order valence-corrected chi connectivity index (χ2v) is 3.56. The van der Waals surface area contributed by atoms with Gasteiger partial charge in [-0.3, -0.25) is 0 Å². The van der Waals surface area contributed by atoms with Gasteiger partial charge in [-0.15, -0.1) is 0 Å². The first kappa shape index (κ1) is 14.2. The molecule has 1 aromatic carbocycles. The Morgan fingerprint density at radius 1 is 1.28 bits per heavy atom. The van der Waals surface area contributed by atoms with Gasteiger partial charge in [0.05, 0.1) is 6.10 Å². The third-order valence-corrected chi connectivity index (χ3v) is 2.36. The number of halogens is 2. The van der Waals surface area contributed by atoms with Crippen LogP contribution in [0.4, 0.5) is 8.78 Å². The average molecular weight is 259 g/mol. The van der Waals surface area contributed by atoms with E-state index in [1.807, 2.05) is 0 Å². The maximum absolute atomic E-state index is 13.4. The highest BCUT2D eigenvalue weighted by atomic mass is 19.2. The van der Waals surface area contributed by atoms with E-state index >= 15 is 0 Å². The van der Waals surface area contributed by atoms with Gasteiger partial charge in [0, 0.05) is 17.0 Å². The van der Waals surface area contributed by atoms with Crippen molar-refractivity contribution < 1.29 is 24.1 Å². The van der Waals surface area contributed by atoms with Crippen molar-refractivity contribution in [1.82, 2.24) is 0 Å². The van der Waals surface area contributed by atoms with Gasteiger partial charge in [-0.1, -0.05) is 5.11 Å². The van der Waals surface area contributed by atoms with Crippen LogP contribution in [0.1, 0.15) is 18.1 Å². The summed E-state index contributed by atoms with van der Waals surface area (Å²) in [7, 11) is 0. The Morgan fingerprint density at radius 2 is 1.94 bits per heavy atom. The molecule has 0 aliphatic carbocycles. The van der Waals surface area contributed by atoms with E-state index in [1.54, 1.807) is 0 Å². The summed E-state index contributed by atoms with van der Waals surface area (Å²) in [5.74, 6) is -3.80. The van der Waals surface area contributed by atoms with E-state index in [0.29, 0.717) is 0 Å². The fraction of sp³-hybridized carbons (Fsp3) is 0.400. The molecule has 8 heteroatoms. The maximum atomic E-state index is 13.4. The lowest BCUT2D eigenvalue weighted by atomic mass is 10.0. The molecule has 1 aromatic rings. The van der Waals surface area contributed by atoms with Crippen LogP contribution in [0.2, 0.25) is 0 Å². The van der Waals surface area contributed by atoms with Crippen molar-refractivity contribution in [2.45, 2.75) is 18.6 Å². The topological polar surface area (TPSA) is 109 Å². The zero-order valence-electron chi connectivity index (χ0n) is 9.16. The van der Waals surface area contributed by atoms with Crippen LogP contribution in [-0.2, 0) is 0 Å². The molecule has 0 aliphatic rings. The van der Waals surface area contributed by atoms with Crippen molar-refractivity contribution >= 4 is 0 Å². The number of hydrogen-bond donors (Lipinski definition) is 3. The number of phenols is 1. The second kappa shape index (κ2) is 6.15. The number of aliphatic hydroxyl groups is 2. The fourth-order valence-corrected chi connectivity index (χ4v) is 1.38. The Hall–Kier alpha value is -1.89. The summed E-state index contributed by atoms with van der Waals surface area (Å²) in [4.78, 5) is 2.45. The first-order valence-corrected chi connectivity index (χ1v) is 5.03. The number of phenolic OH excluding ortho intramolecular Hbond substituents is 1. The van der Waals surface area contributed by atoms with Gasteiger partial charge < -0.3 is 15.3 Å². The summed E-state index contributed by atoms with van der Waals surface area (Å²) < 4.78 is 26.4. The van der Waals surface area contributed by atoms with Gasteiger partial charge in [0.25, 0.3) is 0 Å². The van der Waals surface area contributed by atoms with Crippen molar-refractivity contribution in [1.29, 1.82) is 0 Å². The third kappa shape index (κ3) is 3.07. The molecule has 2 unspecified atom stereocenters. The molecule has 0 radical (unpaired) electrons. The highest BCUT2D eigenvalue weighted by molar-refractivity contribution is 5.31. The van der Waals surface area contributed by atoms with Crippen LogP contribution in [-0.4, -0.2) is 28.0 Å². The van der Waals surface area contributed by atoms with E-state index in [1.165, 1.54) is 0 Å². The number of nitrogens with zero attached hydrogens (tertiary/aromatic N) is 3. The van der Waals surface area contributed by atoms with E-state index in [4.69, 9.17) is 10.6 Å². The zero-order valence-corrected chi connectivity index (χ0v) is 9.16. The summed E-state index contributed by atoms with van der Waals surface area (Å²) in [6.45, 7) is -0.0864. The van der Waals surface area contributed by atoms with Gasteiger partial charge in [0.1, 0.15) is 6.10 Å². The van der Waals surface area contributed by atoms with E-state index in [9.17, 15) is 19.0 Å². The van der Waals surface area contributed by atoms with Crippen molar-refractivity contribution in [3.8, 4) is 5.75 Å². The maximum Gasteiger partial charge on any atom is 0.200 e. The summed E-state index contributed by atoms with van der Waals surface area (Å²) in [5, 5.41) is 31.2. The lowest BCUT2D eigenvalue weighted by molar-refractivity contribution is 0.0125. The van der Waals surface area contributed by atoms with E-state index < -0.39 is 35.2 Å². The molecule has 0 aromatic heterocycles. The molecule has 0 aliphatic heterocycles. The third-order valence-electron chi connectivity index (χ3n) is 2.36. The quantitative estimate of drug-likeness (QED) is 0.425. The van der Waals surface area contributed by atoms with Gasteiger partial charge in [0.15, 0.2) is 11.6 Å². The molecule has 0 bridgehead atoms. The van der Waals surface area contributed by atoms with Gasteiger partial charge in [0.2, 0.25) is 5.82 Å². The first-order valence-electron chi connectivity index (χ1n) is 5.03. The van der Waals surface area contributed by atoms with E-state index in [-0.39, 0.29) is 13.0 Å². The Morgan fingerprint density at radius 3 is 2.56 bits per heavy atom. The molecule has 0 fully saturated rings. The minimum absolute atomic E-state index is 0.0864. The molecule has 0 saturated carbocycles. The Labute approximate surface area is 101 Å². The normalized spacial score (nSPS) is 13.8. The number of azide groups is 1. The molecule has 3 N–H and O–H groups in total. The molecule has 0 amide bonds. The summed E-state index contributed by atoms with van der Waals surface area (Å²) in [6, 6.07) is 1.84. The predicted molar refractivity (Wildman–Crippen MR) is 57.6 cm³/mol. The smallest absolute Gasteiger partial charge is 0.200 e. The molecular weight excluding hydrogens is 248 g/mol. The van der Waals surface area contributed by atoms with Crippen LogP contribution >= 0.6 is 0 Å². The van der Waals surface area contributed by atoms with Crippen LogP contribution in [0.3, 0.4) is 0 Å². The molecule has 0 heterocycles. The highest BCUT2D eigenvalue weighted by Crippen LogP contribution is 2.27. The van der Waals surface area contributed by atoms with E-state index in [0.717, 1.165) is 12.1 Å². The summed E-state index contributed by atoms with van der Waals surface area (Å²) >= 11 is 0. The fourth-order valence-electron chi connectivity index (χ4n) is 1.38. The number of benzene rings is 1. The number of aromatic hydroxyl groups is 1. The van der Waals surface area contributed by atoms with Crippen molar-refractivity contribution in [2.24, 2.45) is 5.11 Å². The molecule has 2 atom stereocenters. The number of aliphatic hydroxyl groups excluding tert-OH is 2. The number of rotatable bonds is 5. The second-order valence-electron chi connectivity index (χ2n) is 3.56. The van der Waals surface area contributed by atoms with Crippen molar-refractivity contribution in [3.63, 3.8) is 0 Å². The van der Waals surface area contributed by atoms with Gasteiger partial charge in [-0.2, -0.15) is 4.39 Å². The van der Waals surface area contributed by atoms with Crippen LogP contribution in [0.5, 0.6) is 5.75 Å². The zero-order chi connectivity index (χ0) is 13.7. The highest BCUT2D eigenvalue weighted by Gasteiger charge is 2.24. The first-order chi connectivity index (χ1) is 8.49. The minimum atomic E-state index is -1.67. The molecule has 6 nitrogen and oxygen atoms in total. The lowest BCUT2D eigenvalue weighted by Crippen LogP contribution is -2.20. The average Bonchev–Trinajstić information content (AvgIpc) is 2.35. The van der Waals surface area contributed by atoms with Crippen LogP contribution in [0, 0.1) is 11.6 Å². The predicted octanol–water partition coefficient (Wildman–Crippen LogP) is 1.77. The summed E-state index contributed by atoms with van der Waals surface area (Å²) in [6.07, 6.45) is -3.18. The van der Waals surface area contributed by atoms with Gasteiger partial charge >= 0.3 is 0 Å². The Balaban J connectivity index is 2.86. The Bertz CT molecular complexity index is 478. The SMILES string of the molecule is [N-]=[N+]=NCCC(O)C(O)c1ccc(O)c(F)c1F. The standard InChI is InChI=1S/C10H11F2N3O3/c11-8-5(1-2-6(16)9(8)12)10(18)7(17)3-4-14-15-13/h1-2,7,10,16-18H,3-4H2. The van der Waals surface area contributed by atoms with Gasteiger partial charge in [-0.25, -0.2) is 4.39 Å². The Kier molecular flexibility index (Phi) is 4.85. The van der Waals surface area contributed by atoms with Crippen LogP contribution in [0.15, 0.2) is 17.2 Å². The molecular formula is C10H11F2N3O3.